The summed E-state index contributed by atoms with van der Waals surface area (Å²) in [6, 6.07) is 0. The molecule has 0 unspecified atom stereocenters. The molecule has 0 fully saturated rings. The lowest BCUT2D eigenvalue weighted by molar-refractivity contribution is -0.137. The maximum Gasteiger partial charge on any atom is 0.337 e. The SMILES string of the molecule is C=CC(=O)OC/C=C(/O)OC(=O)C=C. The molecule has 1 N–H and O–H groups in total. The summed E-state index contributed by atoms with van der Waals surface area (Å²) in [4.78, 5) is 21.0. The summed E-state index contributed by atoms with van der Waals surface area (Å²) < 4.78 is 8.72. The van der Waals surface area contributed by atoms with E-state index in [2.05, 4.69) is 22.6 Å². The number of aliphatic hydroxyl groups is 1. The van der Waals surface area contributed by atoms with Gasteiger partial charge in [-0.25, -0.2) is 9.59 Å². The minimum Gasteiger partial charge on any atom is -0.481 e. The van der Waals surface area contributed by atoms with Crippen LogP contribution in [-0.4, -0.2) is 23.7 Å². The fraction of sp³-hybridized carbons (Fsp3) is 0.111. The van der Waals surface area contributed by atoms with Crippen molar-refractivity contribution in [2.45, 2.75) is 0 Å². The van der Waals surface area contributed by atoms with Crippen LogP contribution in [0, 0.1) is 0 Å². The highest BCUT2D eigenvalue weighted by Crippen LogP contribution is 1.93. The number of hydrogen-bond acceptors (Lipinski definition) is 5. The molecular formula is C9H10O5. The van der Waals surface area contributed by atoms with E-state index in [1.54, 1.807) is 0 Å². The molecule has 76 valence electrons. The number of hydrogen-bond donors (Lipinski definition) is 1. The van der Waals surface area contributed by atoms with Crippen molar-refractivity contribution in [3.63, 3.8) is 0 Å². The average molecular weight is 198 g/mol. The van der Waals surface area contributed by atoms with Crippen molar-refractivity contribution in [2.75, 3.05) is 6.61 Å². The Labute approximate surface area is 80.9 Å². The monoisotopic (exact) mass is 198 g/mol. The predicted octanol–water partition coefficient (Wildman–Crippen LogP) is 0.844. The van der Waals surface area contributed by atoms with E-state index in [1.807, 2.05) is 0 Å². The van der Waals surface area contributed by atoms with Crippen molar-refractivity contribution in [1.82, 2.24) is 0 Å². The Kier molecular flexibility index (Phi) is 5.53. The minimum absolute atomic E-state index is 0.207. The Morgan fingerprint density at radius 3 is 2.29 bits per heavy atom. The van der Waals surface area contributed by atoms with Crippen LogP contribution in [0.4, 0.5) is 0 Å². The van der Waals surface area contributed by atoms with Crippen molar-refractivity contribution in [1.29, 1.82) is 0 Å². The molecule has 5 heteroatoms. The second kappa shape index (κ2) is 6.47. The summed E-state index contributed by atoms with van der Waals surface area (Å²) in [5, 5.41) is 8.89. The first-order chi connectivity index (χ1) is 6.60. The van der Waals surface area contributed by atoms with Gasteiger partial charge in [-0.15, -0.1) is 0 Å². The molecule has 0 heterocycles. The first kappa shape index (κ1) is 12.0. The number of carbonyl (C=O) groups is 2. The maximum atomic E-state index is 10.5. The summed E-state index contributed by atoms with van der Waals surface area (Å²) in [7, 11) is 0. The molecule has 0 aromatic carbocycles. The molecule has 0 rings (SSSR count). The molecule has 0 aromatic rings. The van der Waals surface area contributed by atoms with Crippen LogP contribution in [0.2, 0.25) is 0 Å². The van der Waals surface area contributed by atoms with E-state index in [1.165, 1.54) is 0 Å². The zero-order chi connectivity index (χ0) is 11.0. The fourth-order valence-electron chi connectivity index (χ4n) is 0.440. The summed E-state index contributed by atoms with van der Waals surface area (Å²) in [6.07, 6.45) is 2.88. The Morgan fingerprint density at radius 2 is 1.79 bits per heavy atom. The summed E-state index contributed by atoms with van der Waals surface area (Å²) >= 11 is 0. The molecule has 0 aromatic heterocycles. The number of rotatable bonds is 5. The van der Waals surface area contributed by atoms with Gasteiger partial charge in [-0.1, -0.05) is 13.2 Å². The number of aliphatic hydroxyl groups excluding tert-OH is 1. The molecule has 5 nitrogen and oxygen atoms in total. The summed E-state index contributed by atoms with van der Waals surface area (Å²) in [5.74, 6) is -2.08. The van der Waals surface area contributed by atoms with Crippen LogP contribution in [0.25, 0.3) is 0 Å². The van der Waals surface area contributed by atoms with Gasteiger partial charge in [-0.05, 0) is 0 Å². The molecule has 0 amide bonds. The van der Waals surface area contributed by atoms with Gasteiger partial charge < -0.3 is 14.6 Å². The molecule has 14 heavy (non-hydrogen) atoms. The van der Waals surface area contributed by atoms with Crippen molar-refractivity contribution < 1.29 is 24.2 Å². The third-order valence-electron chi connectivity index (χ3n) is 1.02. The van der Waals surface area contributed by atoms with E-state index in [0.717, 1.165) is 18.2 Å². The smallest absolute Gasteiger partial charge is 0.337 e. The lowest BCUT2D eigenvalue weighted by Gasteiger charge is -1.99. The zero-order valence-corrected chi connectivity index (χ0v) is 7.43. The van der Waals surface area contributed by atoms with E-state index in [9.17, 15) is 9.59 Å². The van der Waals surface area contributed by atoms with Gasteiger partial charge in [-0.2, -0.15) is 0 Å². The lowest BCUT2D eigenvalue weighted by atomic mass is 10.6. The molecule has 0 aliphatic rings. The highest BCUT2D eigenvalue weighted by Gasteiger charge is 2.00. The maximum absolute atomic E-state index is 10.5. The zero-order valence-electron chi connectivity index (χ0n) is 7.43. The van der Waals surface area contributed by atoms with Gasteiger partial charge in [0, 0.05) is 18.2 Å². The van der Waals surface area contributed by atoms with Gasteiger partial charge in [0.2, 0.25) is 0 Å². The van der Waals surface area contributed by atoms with Gasteiger partial charge in [0.1, 0.15) is 6.61 Å². The lowest BCUT2D eigenvalue weighted by Crippen LogP contribution is -2.03. The van der Waals surface area contributed by atoms with Crippen molar-refractivity contribution >= 4 is 11.9 Å². The number of esters is 2. The van der Waals surface area contributed by atoms with Crippen molar-refractivity contribution in [2.24, 2.45) is 0 Å². The molecule has 0 bridgehead atoms. The van der Waals surface area contributed by atoms with Gasteiger partial charge in [0.05, 0.1) is 0 Å². The highest BCUT2D eigenvalue weighted by atomic mass is 16.6. The Bertz CT molecular complexity index is 277. The third-order valence-corrected chi connectivity index (χ3v) is 1.02. The van der Waals surface area contributed by atoms with Crippen LogP contribution in [-0.2, 0) is 19.1 Å². The average Bonchev–Trinajstić information content (AvgIpc) is 2.17. The van der Waals surface area contributed by atoms with Crippen LogP contribution >= 0.6 is 0 Å². The molecular weight excluding hydrogens is 188 g/mol. The predicted molar refractivity (Wildman–Crippen MR) is 48.2 cm³/mol. The largest absolute Gasteiger partial charge is 0.481 e. The highest BCUT2D eigenvalue weighted by molar-refractivity contribution is 5.82. The van der Waals surface area contributed by atoms with Crippen molar-refractivity contribution in [3.8, 4) is 0 Å². The van der Waals surface area contributed by atoms with Crippen LogP contribution in [0.3, 0.4) is 0 Å². The Hall–Kier alpha value is -2.04. The number of ether oxygens (including phenoxy) is 2. The summed E-state index contributed by atoms with van der Waals surface area (Å²) in [5.41, 5.74) is 0. The van der Waals surface area contributed by atoms with Gasteiger partial charge in [0.25, 0.3) is 5.95 Å². The quantitative estimate of drug-likeness (QED) is 0.402. The normalized spacial score (nSPS) is 10.1. The molecule has 0 aliphatic carbocycles. The Morgan fingerprint density at radius 1 is 1.21 bits per heavy atom. The Balaban J connectivity index is 3.88. The van der Waals surface area contributed by atoms with E-state index in [4.69, 9.17) is 5.11 Å². The summed E-state index contributed by atoms with van der Waals surface area (Å²) in [6.45, 7) is 6.08. The topological polar surface area (TPSA) is 72.8 Å². The van der Waals surface area contributed by atoms with Gasteiger partial charge >= 0.3 is 11.9 Å². The van der Waals surface area contributed by atoms with Crippen LogP contribution in [0.15, 0.2) is 37.3 Å². The molecule has 0 atom stereocenters. The minimum atomic E-state index is -0.797. The van der Waals surface area contributed by atoms with Gasteiger partial charge in [-0.3, -0.25) is 0 Å². The van der Waals surface area contributed by atoms with E-state index < -0.39 is 17.9 Å². The molecule has 0 aliphatic heterocycles. The number of carbonyl (C=O) groups excluding carboxylic acids is 2. The fourth-order valence-corrected chi connectivity index (χ4v) is 0.440. The van der Waals surface area contributed by atoms with Crippen LogP contribution < -0.4 is 0 Å². The van der Waals surface area contributed by atoms with Crippen LogP contribution in [0.1, 0.15) is 0 Å². The van der Waals surface area contributed by atoms with Crippen LogP contribution in [0.5, 0.6) is 0 Å². The first-order valence-electron chi connectivity index (χ1n) is 3.62. The molecule has 0 saturated carbocycles. The third kappa shape index (κ3) is 5.59. The van der Waals surface area contributed by atoms with E-state index in [0.29, 0.717) is 0 Å². The second-order valence-corrected chi connectivity index (χ2v) is 2.00. The molecule has 0 radical (unpaired) electrons. The standard InChI is InChI=1S/C9H10O5/c1-3-7(10)13-6-5-9(12)14-8(11)4-2/h3-5,12H,1-2,6H2/b9-5-. The van der Waals surface area contributed by atoms with E-state index >= 15 is 0 Å². The molecule has 0 spiro atoms. The van der Waals surface area contributed by atoms with Crippen molar-refractivity contribution in [3.05, 3.63) is 37.3 Å². The van der Waals surface area contributed by atoms with Gasteiger partial charge in [0.15, 0.2) is 0 Å². The van der Waals surface area contributed by atoms with E-state index in [-0.39, 0.29) is 6.61 Å². The second-order valence-electron chi connectivity index (χ2n) is 2.00. The molecule has 0 saturated heterocycles. The first-order valence-corrected chi connectivity index (χ1v) is 3.62.